The summed E-state index contributed by atoms with van der Waals surface area (Å²) in [5.41, 5.74) is 7.96. The van der Waals surface area contributed by atoms with Crippen LogP contribution in [0.1, 0.15) is 26.3 Å². The fraction of sp³-hybridized carbons (Fsp3) is 0.529. The number of hydrogen-bond donors (Lipinski definition) is 2. The Labute approximate surface area is 166 Å². The van der Waals surface area contributed by atoms with Gasteiger partial charge in [0, 0.05) is 23.6 Å². The summed E-state index contributed by atoms with van der Waals surface area (Å²) in [5, 5.41) is 16.2. The van der Waals surface area contributed by atoms with Gasteiger partial charge in [-0.05, 0) is 32.4 Å². The Bertz CT molecular complexity index is 809. The zero-order chi connectivity index (χ0) is 21.1. The largest absolute Gasteiger partial charge is 0.444 e. The number of likely N-dealkylation sites (tertiary alicyclic amines) is 1. The number of carbonyl (C=O) groups excluding carboxylic acids is 2. The number of aliphatic hydroxyl groups is 1. The number of nitrogens with zero attached hydrogens (tertiary/aromatic N) is 4. The van der Waals surface area contributed by atoms with Crippen LogP contribution in [-0.4, -0.2) is 52.3 Å². The van der Waals surface area contributed by atoms with Crippen molar-refractivity contribution in [3.63, 3.8) is 0 Å². The van der Waals surface area contributed by atoms with E-state index in [4.69, 9.17) is 21.9 Å². The third kappa shape index (κ3) is 5.03. The van der Waals surface area contributed by atoms with Crippen molar-refractivity contribution >= 4 is 23.6 Å². The van der Waals surface area contributed by atoms with Crippen LogP contribution in [0.4, 0.5) is 9.18 Å². The monoisotopic (exact) mass is 413 g/mol. The summed E-state index contributed by atoms with van der Waals surface area (Å²) in [4.78, 5) is 28.7. The predicted octanol–water partition coefficient (Wildman–Crippen LogP) is 2.75. The third-order valence-electron chi connectivity index (χ3n) is 4.02. The van der Waals surface area contributed by atoms with Crippen LogP contribution in [-0.2, 0) is 16.1 Å². The molecule has 0 radical (unpaired) electrons. The first-order valence-corrected chi connectivity index (χ1v) is 8.85. The van der Waals surface area contributed by atoms with Crippen LogP contribution in [0.2, 0.25) is 5.02 Å². The van der Waals surface area contributed by atoms with E-state index in [-0.39, 0.29) is 23.7 Å². The number of hydrogen-bond acceptors (Lipinski definition) is 5. The van der Waals surface area contributed by atoms with Crippen LogP contribution < -0.4 is 5.32 Å². The average molecular weight is 414 g/mol. The highest BCUT2D eigenvalue weighted by molar-refractivity contribution is 6.30. The van der Waals surface area contributed by atoms with Crippen molar-refractivity contribution in [2.45, 2.75) is 51.1 Å². The fourth-order valence-electron chi connectivity index (χ4n) is 2.77. The zero-order valence-corrected chi connectivity index (χ0v) is 16.4. The van der Waals surface area contributed by atoms with Crippen LogP contribution in [0, 0.1) is 5.82 Å². The second-order valence-electron chi connectivity index (χ2n) is 7.27. The molecular formula is C17H21ClFN5O4. The average Bonchev–Trinajstić information content (AvgIpc) is 2.92. The first-order valence-electron chi connectivity index (χ1n) is 8.47. The van der Waals surface area contributed by atoms with Crippen LogP contribution in [0.15, 0.2) is 23.3 Å². The Kier molecular flexibility index (Phi) is 6.71. The van der Waals surface area contributed by atoms with E-state index in [9.17, 15) is 19.1 Å². The van der Waals surface area contributed by atoms with Gasteiger partial charge < -0.3 is 15.2 Å². The molecule has 2 rings (SSSR count). The van der Waals surface area contributed by atoms with Gasteiger partial charge in [0.2, 0.25) is 5.91 Å². The fourth-order valence-corrected chi connectivity index (χ4v) is 2.96. The molecule has 0 spiro atoms. The Balaban J connectivity index is 2.19. The lowest BCUT2D eigenvalue weighted by molar-refractivity contribution is -0.128. The van der Waals surface area contributed by atoms with Crippen molar-refractivity contribution in [2.24, 2.45) is 5.11 Å². The van der Waals surface area contributed by atoms with Crippen molar-refractivity contribution in [1.29, 1.82) is 0 Å². The SMILES string of the molecule is CC(C)(C)OC(=O)N1C[C@H](N=[N+]=[N-])[C@@H](O)[C@H]1C(=O)NCc1cccc(Cl)c1F. The van der Waals surface area contributed by atoms with Crippen molar-refractivity contribution in [3.05, 3.63) is 45.0 Å². The summed E-state index contributed by atoms with van der Waals surface area (Å²) in [6, 6.07) is 1.98. The second kappa shape index (κ2) is 8.64. The molecule has 0 aliphatic carbocycles. The van der Waals surface area contributed by atoms with Gasteiger partial charge in [0.1, 0.15) is 17.5 Å². The topological polar surface area (TPSA) is 128 Å². The van der Waals surface area contributed by atoms with Crippen molar-refractivity contribution < 1.29 is 23.8 Å². The molecule has 1 fully saturated rings. The summed E-state index contributed by atoms with van der Waals surface area (Å²) >= 11 is 5.72. The highest BCUT2D eigenvalue weighted by Crippen LogP contribution is 2.25. The van der Waals surface area contributed by atoms with E-state index in [0.717, 1.165) is 4.90 Å². The van der Waals surface area contributed by atoms with Gasteiger partial charge in [-0.1, -0.05) is 28.8 Å². The third-order valence-corrected chi connectivity index (χ3v) is 4.31. The molecule has 2 amide bonds. The number of nitrogens with one attached hydrogen (secondary N) is 1. The van der Waals surface area contributed by atoms with Crippen LogP contribution in [0.25, 0.3) is 10.4 Å². The maximum Gasteiger partial charge on any atom is 0.411 e. The zero-order valence-electron chi connectivity index (χ0n) is 15.6. The maximum atomic E-state index is 14.0. The smallest absolute Gasteiger partial charge is 0.411 e. The summed E-state index contributed by atoms with van der Waals surface area (Å²) in [7, 11) is 0. The molecule has 28 heavy (non-hydrogen) atoms. The first kappa shape index (κ1) is 21.7. The molecule has 0 aromatic heterocycles. The van der Waals surface area contributed by atoms with E-state index in [1.165, 1.54) is 18.2 Å². The Morgan fingerprint density at radius 3 is 2.79 bits per heavy atom. The van der Waals surface area contributed by atoms with Crippen LogP contribution in [0.3, 0.4) is 0 Å². The van der Waals surface area contributed by atoms with E-state index < -0.39 is 41.6 Å². The minimum atomic E-state index is -1.44. The molecule has 1 aliphatic heterocycles. The van der Waals surface area contributed by atoms with Gasteiger partial charge in [0.15, 0.2) is 0 Å². The highest BCUT2D eigenvalue weighted by atomic mass is 35.5. The number of rotatable bonds is 4. The minimum absolute atomic E-state index is 0.0912. The molecule has 11 heteroatoms. The molecule has 9 nitrogen and oxygen atoms in total. The second-order valence-corrected chi connectivity index (χ2v) is 7.68. The van der Waals surface area contributed by atoms with Gasteiger partial charge in [-0.2, -0.15) is 0 Å². The molecule has 1 saturated heterocycles. The quantitative estimate of drug-likeness (QED) is 0.446. The van der Waals surface area contributed by atoms with Gasteiger partial charge in [-0.15, -0.1) is 0 Å². The van der Waals surface area contributed by atoms with E-state index >= 15 is 0 Å². The number of amides is 2. The van der Waals surface area contributed by atoms with E-state index in [0.29, 0.717) is 0 Å². The summed E-state index contributed by atoms with van der Waals surface area (Å²) in [5.74, 6) is -1.42. The number of benzene rings is 1. The van der Waals surface area contributed by atoms with Crippen molar-refractivity contribution in [3.8, 4) is 0 Å². The van der Waals surface area contributed by atoms with Gasteiger partial charge in [-0.3, -0.25) is 9.69 Å². The molecule has 3 atom stereocenters. The Hall–Kier alpha value is -2.55. The van der Waals surface area contributed by atoms with Crippen LogP contribution >= 0.6 is 11.6 Å². The molecule has 0 unspecified atom stereocenters. The lowest BCUT2D eigenvalue weighted by atomic mass is 10.1. The van der Waals surface area contributed by atoms with Gasteiger partial charge in [-0.25, -0.2) is 9.18 Å². The molecule has 152 valence electrons. The van der Waals surface area contributed by atoms with Crippen molar-refractivity contribution in [2.75, 3.05) is 6.54 Å². The maximum absolute atomic E-state index is 14.0. The summed E-state index contributed by atoms with van der Waals surface area (Å²) in [6.07, 6.45) is -2.27. The Morgan fingerprint density at radius 1 is 1.50 bits per heavy atom. The highest BCUT2D eigenvalue weighted by Gasteiger charge is 2.48. The van der Waals surface area contributed by atoms with E-state index in [1.54, 1.807) is 20.8 Å². The predicted molar refractivity (Wildman–Crippen MR) is 98.9 cm³/mol. The number of aliphatic hydroxyl groups excluding tert-OH is 1. The van der Waals surface area contributed by atoms with Gasteiger partial charge >= 0.3 is 6.09 Å². The summed E-state index contributed by atoms with van der Waals surface area (Å²) in [6.45, 7) is 4.56. The first-order chi connectivity index (χ1) is 13.0. The minimum Gasteiger partial charge on any atom is -0.444 e. The van der Waals surface area contributed by atoms with Crippen molar-refractivity contribution in [1.82, 2.24) is 10.2 Å². The summed E-state index contributed by atoms with van der Waals surface area (Å²) < 4.78 is 19.2. The number of ether oxygens (including phenoxy) is 1. The number of halogens is 2. The van der Waals surface area contributed by atoms with E-state index in [2.05, 4.69) is 15.3 Å². The molecule has 0 saturated carbocycles. The molecule has 1 aromatic carbocycles. The molecule has 0 bridgehead atoms. The molecule has 2 N–H and O–H groups in total. The normalized spacial score (nSPS) is 21.8. The lowest BCUT2D eigenvalue weighted by Gasteiger charge is -2.28. The molecule has 1 heterocycles. The standard InChI is InChI=1S/C17H21ClFN5O4/c1-17(2,3)28-16(27)24-8-11(22-23-20)14(25)13(24)15(26)21-7-9-5-4-6-10(18)12(9)19/h4-6,11,13-14,25H,7-8H2,1-3H3,(H,21,26)/t11-,13-,14+/m0/s1. The molecular weight excluding hydrogens is 393 g/mol. The number of carbonyl (C=O) groups is 2. The van der Waals surface area contributed by atoms with E-state index in [1.807, 2.05) is 0 Å². The molecule has 1 aliphatic rings. The molecule has 1 aromatic rings. The van der Waals surface area contributed by atoms with Crippen LogP contribution in [0.5, 0.6) is 0 Å². The number of azide groups is 1. The lowest BCUT2D eigenvalue weighted by Crippen LogP contribution is -2.51. The van der Waals surface area contributed by atoms with Gasteiger partial charge in [0.05, 0.1) is 17.2 Å². The van der Waals surface area contributed by atoms with Gasteiger partial charge in [0.25, 0.3) is 0 Å². The Morgan fingerprint density at radius 2 is 2.18 bits per heavy atom.